The average Bonchev–Trinajstić information content (AvgIpc) is 3.32. The fourth-order valence-corrected chi connectivity index (χ4v) is 6.14. The van der Waals surface area contributed by atoms with Gasteiger partial charge in [-0.15, -0.1) is 21.5 Å². The molecule has 0 amide bonds. The van der Waals surface area contributed by atoms with Crippen LogP contribution < -0.4 is 0 Å². The summed E-state index contributed by atoms with van der Waals surface area (Å²) in [6.07, 6.45) is 2.88. The predicted molar refractivity (Wildman–Crippen MR) is 131 cm³/mol. The van der Waals surface area contributed by atoms with Gasteiger partial charge in [-0.25, -0.2) is 12.8 Å². The highest BCUT2D eigenvalue weighted by molar-refractivity contribution is 7.90. The van der Waals surface area contributed by atoms with E-state index in [9.17, 15) is 12.8 Å². The lowest BCUT2D eigenvalue weighted by atomic mass is 9.95. The summed E-state index contributed by atoms with van der Waals surface area (Å²) in [6, 6.07) is 14.2. The van der Waals surface area contributed by atoms with E-state index < -0.39 is 9.84 Å². The molecule has 0 N–H and O–H groups in total. The summed E-state index contributed by atoms with van der Waals surface area (Å²) in [6.45, 7) is 3.82. The Balaban J connectivity index is 1.55. The van der Waals surface area contributed by atoms with Gasteiger partial charge in [-0.1, -0.05) is 24.3 Å². The van der Waals surface area contributed by atoms with Gasteiger partial charge in [-0.3, -0.25) is 9.97 Å². The third kappa shape index (κ3) is 4.20. The number of rotatable bonds is 5. The molecular formula is C25H19FN4O2S2. The van der Waals surface area contributed by atoms with Crippen molar-refractivity contribution in [1.82, 2.24) is 20.2 Å². The first-order chi connectivity index (χ1) is 16.3. The standard InChI is InChI=1S/C25H19FN4O2S2/c1-15-9-17(23-11-19(26)12-28-16(23)2)3-5-21(15)25-22-6-4-20(10-18(22)7-8-27-25)34(31,32)13-24-30-29-14-33-24/h3-12,14H,13H2,1-2H3. The molecule has 0 fully saturated rings. The first-order valence-electron chi connectivity index (χ1n) is 10.4. The number of sulfone groups is 1. The van der Waals surface area contributed by atoms with Gasteiger partial charge in [-0.2, -0.15) is 0 Å². The van der Waals surface area contributed by atoms with Gasteiger partial charge in [-0.05, 0) is 54.6 Å². The fourth-order valence-electron chi connectivity index (χ4n) is 3.97. The molecule has 9 heteroatoms. The smallest absolute Gasteiger partial charge is 0.184 e. The van der Waals surface area contributed by atoms with E-state index in [4.69, 9.17) is 0 Å². The summed E-state index contributed by atoms with van der Waals surface area (Å²) >= 11 is 1.21. The van der Waals surface area contributed by atoms with Gasteiger partial charge >= 0.3 is 0 Å². The Hall–Kier alpha value is -3.56. The molecule has 0 atom stereocenters. The quantitative estimate of drug-likeness (QED) is 0.321. The molecule has 6 nitrogen and oxygen atoms in total. The minimum atomic E-state index is -3.55. The summed E-state index contributed by atoms with van der Waals surface area (Å²) in [5.41, 5.74) is 6.52. The van der Waals surface area contributed by atoms with Crippen molar-refractivity contribution in [1.29, 1.82) is 0 Å². The van der Waals surface area contributed by atoms with E-state index in [-0.39, 0.29) is 16.5 Å². The maximum absolute atomic E-state index is 13.8. The molecule has 0 radical (unpaired) electrons. The molecule has 5 rings (SSSR count). The fraction of sp³-hybridized carbons (Fsp3) is 0.120. The number of pyridine rings is 2. The lowest BCUT2D eigenvalue weighted by Gasteiger charge is -2.13. The Bertz CT molecular complexity index is 1630. The summed E-state index contributed by atoms with van der Waals surface area (Å²) in [5, 5.41) is 9.63. The lowest BCUT2D eigenvalue weighted by molar-refractivity contribution is 0.595. The topological polar surface area (TPSA) is 85.7 Å². The first-order valence-corrected chi connectivity index (χ1v) is 12.9. The van der Waals surface area contributed by atoms with E-state index in [0.717, 1.165) is 44.4 Å². The van der Waals surface area contributed by atoms with E-state index in [1.165, 1.54) is 29.1 Å². The largest absolute Gasteiger partial charge is 0.258 e. The van der Waals surface area contributed by atoms with Crippen LogP contribution in [0.15, 0.2) is 71.3 Å². The number of benzene rings is 2. The van der Waals surface area contributed by atoms with Crippen LogP contribution in [0.5, 0.6) is 0 Å². The second-order valence-corrected chi connectivity index (χ2v) is 10.9. The lowest BCUT2D eigenvalue weighted by Crippen LogP contribution is -2.05. The predicted octanol–water partition coefficient (Wildman–Crippen LogP) is 5.55. The zero-order chi connectivity index (χ0) is 23.9. The van der Waals surface area contributed by atoms with Crippen molar-refractivity contribution in [3.8, 4) is 22.4 Å². The van der Waals surface area contributed by atoms with Crippen molar-refractivity contribution in [3.05, 3.63) is 88.5 Å². The molecule has 34 heavy (non-hydrogen) atoms. The first kappa shape index (κ1) is 22.2. The van der Waals surface area contributed by atoms with Crippen LogP contribution in [0.25, 0.3) is 33.2 Å². The molecule has 0 aliphatic heterocycles. The zero-order valence-electron chi connectivity index (χ0n) is 18.4. The van der Waals surface area contributed by atoms with Crippen molar-refractivity contribution in [2.45, 2.75) is 24.5 Å². The minimum absolute atomic E-state index is 0.184. The van der Waals surface area contributed by atoms with Crippen LogP contribution >= 0.6 is 11.3 Å². The monoisotopic (exact) mass is 490 g/mol. The molecule has 0 spiro atoms. The maximum atomic E-state index is 13.8. The zero-order valence-corrected chi connectivity index (χ0v) is 20.0. The van der Waals surface area contributed by atoms with Gasteiger partial charge in [0.15, 0.2) is 9.84 Å². The third-order valence-corrected chi connectivity index (χ3v) is 8.17. The van der Waals surface area contributed by atoms with Crippen molar-refractivity contribution >= 4 is 31.9 Å². The van der Waals surface area contributed by atoms with Gasteiger partial charge in [0.2, 0.25) is 0 Å². The Labute approximate surface area is 200 Å². The van der Waals surface area contributed by atoms with Crippen LogP contribution in [0.2, 0.25) is 0 Å². The van der Waals surface area contributed by atoms with E-state index in [0.29, 0.717) is 5.01 Å². The number of aryl methyl sites for hydroxylation is 2. The summed E-state index contributed by atoms with van der Waals surface area (Å²) < 4.78 is 39.5. The second kappa shape index (κ2) is 8.66. The molecule has 170 valence electrons. The number of nitrogens with zero attached hydrogens (tertiary/aromatic N) is 4. The number of fused-ring (bicyclic) bond motifs is 1. The van der Waals surface area contributed by atoms with Crippen molar-refractivity contribution in [2.75, 3.05) is 0 Å². The minimum Gasteiger partial charge on any atom is -0.258 e. The van der Waals surface area contributed by atoms with Crippen LogP contribution in [0.3, 0.4) is 0 Å². The molecule has 3 heterocycles. The highest BCUT2D eigenvalue weighted by Crippen LogP contribution is 2.33. The Morgan fingerprint density at radius 1 is 0.971 bits per heavy atom. The molecule has 5 aromatic rings. The highest BCUT2D eigenvalue weighted by Gasteiger charge is 2.19. The van der Waals surface area contributed by atoms with Gasteiger partial charge in [0.05, 0.1) is 16.8 Å². The molecule has 0 saturated heterocycles. The average molecular weight is 491 g/mol. The van der Waals surface area contributed by atoms with Gasteiger partial charge in [0, 0.05) is 28.4 Å². The van der Waals surface area contributed by atoms with E-state index in [2.05, 4.69) is 20.2 Å². The number of halogens is 1. The molecule has 0 saturated carbocycles. The van der Waals surface area contributed by atoms with Crippen LogP contribution in [0.4, 0.5) is 4.39 Å². The maximum Gasteiger partial charge on any atom is 0.184 e. The van der Waals surface area contributed by atoms with Crippen LogP contribution in [0, 0.1) is 19.7 Å². The molecule has 3 aromatic heterocycles. The van der Waals surface area contributed by atoms with Crippen LogP contribution in [-0.2, 0) is 15.6 Å². The molecule has 0 unspecified atom stereocenters. The van der Waals surface area contributed by atoms with E-state index in [1.54, 1.807) is 30.5 Å². The molecule has 0 aliphatic rings. The Morgan fingerprint density at radius 3 is 2.59 bits per heavy atom. The summed E-state index contributed by atoms with van der Waals surface area (Å²) in [7, 11) is -3.55. The Kier molecular flexibility index (Phi) is 5.66. The van der Waals surface area contributed by atoms with Crippen molar-refractivity contribution < 1.29 is 12.8 Å². The normalized spacial score (nSPS) is 11.7. The van der Waals surface area contributed by atoms with Gasteiger partial charge in [0.25, 0.3) is 0 Å². The molecular weight excluding hydrogens is 471 g/mol. The van der Waals surface area contributed by atoms with Crippen LogP contribution in [-0.4, -0.2) is 28.6 Å². The van der Waals surface area contributed by atoms with E-state index in [1.807, 2.05) is 32.0 Å². The van der Waals surface area contributed by atoms with Crippen LogP contribution in [0.1, 0.15) is 16.3 Å². The summed E-state index contributed by atoms with van der Waals surface area (Å²) in [5.74, 6) is -0.564. The van der Waals surface area contributed by atoms with Crippen molar-refractivity contribution in [3.63, 3.8) is 0 Å². The SMILES string of the molecule is Cc1cc(-c2cc(F)cnc2C)ccc1-c1nccc2cc(S(=O)(=O)Cc3nncs3)ccc12. The number of hydrogen-bond acceptors (Lipinski definition) is 7. The molecule has 2 aromatic carbocycles. The highest BCUT2D eigenvalue weighted by atomic mass is 32.2. The van der Waals surface area contributed by atoms with Crippen molar-refractivity contribution in [2.24, 2.45) is 0 Å². The molecule has 0 bridgehead atoms. The van der Waals surface area contributed by atoms with E-state index >= 15 is 0 Å². The summed E-state index contributed by atoms with van der Waals surface area (Å²) in [4.78, 5) is 8.93. The molecule has 0 aliphatic carbocycles. The number of aromatic nitrogens is 4. The van der Waals surface area contributed by atoms with Gasteiger partial charge < -0.3 is 0 Å². The third-order valence-electron chi connectivity index (χ3n) is 5.66. The number of hydrogen-bond donors (Lipinski definition) is 0. The van der Waals surface area contributed by atoms with Gasteiger partial charge in [0.1, 0.15) is 22.1 Å². The second-order valence-electron chi connectivity index (χ2n) is 7.95. The Morgan fingerprint density at radius 2 is 1.82 bits per heavy atom.